The summed E-state index contributed by atoms with van der Waals surface area (Å²) in [6.07, 6.45) is 0. The summed E-state index contributed by atoms with van der Waals surface area (Å²) in [5.41, 5.74) is 5.84. The minimum Gasteiger partial charge on any atom is -0.289 e. The molecule has 0 fully saturated rings. The lowest BCUT2D eigenvalue weighted by Crippen LogP contribution is -1.95. The lowest BCUT2D eigenvalue weighted by Gasteiger charge is -2.04. The van der Waals surface area contributed by atoms with Crippen LogP contribution in [0.5, 0.6) is 0 Å². The van der Waals surface area contributed by atoms with Gasteiger partial charge in [0.05, 0.1) is 0 Å². The Bertz CT molecular complexity index is 866. The zero-order valence-electron chi connectivity index (χ0n) is 11.1. The molecule has 1 aliphatic rings. The number of hydrogen-bond donors (Lipinski definition) is 0. The minimum atomic E-state index is 0.110. The third-order valence-corrected chi connectivity index (χ3v) is 4.38. The van der Waals surface area contributed by atoms with Crippen molar-refractivity contribution in [3.8, 4) is 22.3 Å². The van der Waals surface area contributed by atoms with Gasteiger partial charge in [0.2, 0.25) is 0 Å². The monoisotopic (exact) mass is 334 g/mol. The van der Waals surface area contributed by atoms with Crippen molar-refractivity contribution >= 4 is 21.7 Å². The van der Waals surface area contributed by atoms with E-state index >= 15 is 0 Å². The van der Waals surface area contributed by atoms with E-state index in [-0.39, 0.29) is 5.78 Å². The Labute approximate surface area is 131 Å². The van der Waals surface area contributed by atoms with Crippen LogP contribution in [0.4, 0.5) is 0 Å². The fourth-order valence-corrected chi connectivity index (χ4v) is 3.22. The Kier molecular flexibility index (Phi) is 2.79. The second-order valence-corrected chi connectivity index (χ2v) is 6.06. The van der Waals surface area contributed by atoms with E-state index in [1.165, 1.54) is 0 Å². The first-order valence-corrected chi connectivity index (χ1v) is 7.57. The summed E-state index contributed by atoms with van der Waals surface area (Å²) in [4.78, 5) is 12.6. The normalized spacial score (nSPS) is 12.1. The first kappa shape index (κ1) is 12.5. The molecule has 0 heterocycles. The molecule has 0 bridgehead atoms. The fourth-order valence-electron chi connectivity index (χ4n) is 2.86. The number of benzene rings is 3. The predicted octanol–water partition coefficient (Wildman–Crippen LogP) is 5.33. The average molecular weight is 335 g/mol. The highest BCUT2D eigenvalue weighted by Crippen LogP contribution is 2.39. The second kappa shape index (κ2) is 4.68. The van der Waals surface area contributed by atoms with Crippen molar-refractivity contribution in [1.29, 1.82) is 0 Å². The summed E-state index contributed by atoms with van der Waals surface area (Å²) in [6, 6.07) is 22.2. The molecular formula is C19H11BrO. The molecule has 4 rings (SSSR count). The van der Waals surface area contributed by atoms with Crippen LogP contribution in [-0.2, 0) is 0 Å². The number of fused-ring (bicyclic) bond motifs is 3. The molecule has 0 radical (unpaired) electrons. The molecule has 3 aromatic carbocycles. The summed E-state index contributed by atoms with van der Waals surface area (Å²) in [6.45, 7) is 0. The summed E-state index contributed by atoms with van der Waals surface area (Å²) in [7, 11) is 0. The molecule has 1 nitrogen and oxygen atoms in total. The molecule has 21 heavy (non-hydrogen) atoms. The second-order valence-electron chi connectivity index (χ2n) is 5.15. The number of halogens is 1. The topological polar surface area (TPSA) is 17.1 Å². The molecule has 0 atom stereocenters. The van der Waals surface area contributed by atoms with Crippen molar-refractivity contribution in [3.63, 3.8) is 0 Å². The van der Waals surface area contributed by atoms with Gasteiger partial charge in [-0.25, -0.2) is 0 Å². The van der Waals surface area contributed by atoms with Crippen LogP contribution in [-0.4, -0.2) is 5.78 Å². The zero-order chi connectivity index (χ0) is 14.4. The molecule has 0 saturated heterocycles. The molecule has 1 aliphatic carbocycles. The lowest BCUT2D eigenvalue weighted by molar-refractivity contribution is 0.104. The summed E-state index contributed by atoms with van der Waals surface area (Å²) < 4.78 is 0.936. The molecule has 0 N–H and O–H groups in total. The van der Waals surface area contributed by atoms with Gasteiger partial charge in [-0.1, -0.05) is 64.5 Å². The van der Waals surface area contributed by atoms with E-state index in [9.17, 15) is 4.79 Å². The van der Waals surface area contributed by atoms with Crippen LogP contribution >= 0.6 is 15.9 Å². The van der Waals surface area contributed by atoms with Gasteiger partial charge in [-0.15, -0.1) is 0 Å². The van der Waals surface area contributed by atoms with E-state index in [1.807, 2.05) is 42.5 Å². The molecule has 0 spiro atoms. The minimum absolute atomic E-state index is 0.110. The molecular weight excluding hydrogens is 324 g/mol. The van der Waals surface area contributed by atoms with Crippen molar-refractivity contribution < 1.29 is 4.79 Å². The molecule has 0 amide bonds. The maximum absolute atomic E-state index is 12.6. The van der Waals surface area contributed by atoms with Gasteiger partial charge in [-0.05, 0) is 40.5 Å². The lowest BCUT2D eigenvalue weighted by atomic mass is 9.99. The van der Waals surface area contributed by atoms with E-state index in [2.05, 4.69) is 40.2 Å². The highest BCUT2D eigenvalue weighted by molar-refractivity contribution is 9.10. The maximum Gasteiger partial charge on any atom is 0.194 e. The van der Waals surface area contributed by atoms with Gasteiger partial charge in [0.15, 0.2) is 5.78 Å². The number of carbonyl (C=O) groups is 1. The summed E-state index contributed by atoms with van der Waals surface area (Å²) in [5.74, 6) is 0.110. The van der Waals surface area contributed by atoms with Gasteiger partial charge in [0.25, 0.3) is 0 Å². The van der Waals surface area contributed by atoms with Crippen molar-refractivity contribution in [2.45, 2.75) is 0 Å². The van der Waals surface area contributed by atoms with Gasteiger partial charge in [-0.2, -0.15) is 0 Å². The maximum atomic E-state index is 12.6. The Balaban J connectivity index is 1.90. The molecule has 3 aromatic rings. The van der Waals surface area contributed by atoms with Crippen LogP contribution in [0.2, 0.25) is 0 Å². The standard InChI is InChI=1S/C19H11BrO/c20-14-7-9-16-15-8-6-13(12-4-2-1-3-5-12)10-17(15)19(21)18(16)11-14/h1-11H. The van der Waals surface area contributed by atoms with Crippen molar-refractivity contribution in [3.05, 3.63) is 82.3 Å². The van der Waals surface area contributed by atoms with Gasteiger partial charge < -0.3 is 0 Å². The number of rotatable bonds is 1. The Morgan fingerprint density at radius 2 is 1.29 bits per heavy atom. The number of carbonyl (C=O) groups excluding carboxylic acids is 1. The van der Waals surface area contributed by atoms with Crippen LogP contribution in [0.3, 0.4) is 0 Å². The van der Waals surface area contributed by atoms with Crippen molar-refractivity contribution in [2.75, 3.05) is 0 Å². The quantitative estimate of drug-likeness (QED) is 0.460. The van der Waals surface area contributed by atoms with Gasteiger partial charge in [-0.3, -0.25) is 4.79 Å². The van der Waals surface area contributed by atoms with E-state index in [0.29, 0.717) is 0 Å². The smallest absolute Gasteiger partial charge is 0.194 e. The molecule has 2 heteroatoms. The SMILES string of the molecule is O=C1c2cc(Br)ccc2-c2ccc(-c3ccccc3)cc21. The Morgan fingerprint density at radius 1 is 0.619 bits per heavy atom. The zero-order valence-corrected chi connectivity index (χ0v) is 12.7. The largest absolute Gasteiger partial charge is 0.289 e. The Morgan fingerprint density at radius 3 is 2.05 bits per heavy atom. The van der Waals surface area contributed by atoms with Crippen LogP contribution in [0, 0.1) is 0 Å². The number of hydrogen-bond acceptors (Lipinski definition) is 1. The van der Waals surface area contributed by atoms with Gasteiger partial charge in [0.1, 0.15) is 0 Å². The fraction of sp³-hybridized carbons (Fsp3) is 0. The van der Waals surface area contributed by atoms with E-state index in [0.717, 1.165) is 37.9 Å². The summed E-state index contributed by atoms with van der Waals surface area (Å²) in [5, 5.41) is 0. The number of ketones is 1. The first-order chi connectivity index (χ1) is 10.2. The van der Waals surface area contributed by atoms with E-state index in [1.54, 1.807) is 0 Å². The first-order valence-electron chi connectivity index (χ1n) is 6.78. The molecule has 0 saturated carbocycles. The third kappa shape index (κ3) is 1.95. The van der Waals surface area contributed by atoms with E-state index in [4.69, 9.17) is 0 Å². The highest BCUT2D eigenvalue weighted by atomic mass is 79.9. The Hall–Kier alpha value is -2.19. The molecule has 0 aliphatic heterocycles. The van der Waals surface area contributed by atoms with Crippen molar-refractivity contribution in [1.82, 2.24) is 0 Å². The average Bonchev–Trinajstić information content (AvgIpc) is 2.80. The summed E-state index contributed by atoms with van der Waals surface area (Å²) >= 11 is 3.44. The predicted molar refractivity (Wildman–Crippen MR) is 88.4 cm³/mol. The highest BCUT2D eigenvalue weighted by Gasteiger charge is 2.26. The van der Waals surface area contributed by atoms with Crippen molar-refractivity contribution in [2.24, 2.45) is 0 Å². The molecule has 0 aromatic heterocycles. The van der Waals surface area contributed by atoms with E-state index < -0.39 is 0 Å². The van der Waals surface area contributed by atoms with Crippen LogP contribution in [0.25, 0.3) is 22.3 Å². The molecule has 0 unspecified atom stereocenters. The third-order valence-electron chi connectivity index (χ3n) is 3.89. The van der Waals surface area contributed by atoms with Crippen LogP contribution in [0.15, 0.2) is 71.2 Å². The molecule has 100 valence electrons. The van der Waals surface area contributed by atoms with Gasteiger partial charge in [0, 0.05) is 15.6 Å². The van der Waals surface area contributed by atoms with Crippen LogP contribution in [0.1, 0.15) is 15.9 Å². The van der Waals surface area contributed by atoms with Gasteiger partial charge >= 0.3 is 0 Å². The van der Waals surface area contributed by atoms with Crippen LogP contribution < -0.4 is 0 Å².